The summed E-state index contributed by atoms with van der Waals surface area (Å²) in [5.41, 5.74) is 1.57. The monoisotopic (exact) mass is 366 g/mol. The highest BCUT2D eigenvalue weighted by Crippen LogP contribution is 2.25. The molecule has 27 heavy (non-hydrogen) atoms. The van der Waals surface area contributed by atoms with Gasteiger partial charge in [-0.25, -0.2) is 4.79 Å². The SMILES string of the molecule is CCCCOC(=O)NC(CN1C(=O)c2ccccc2C1=O)c1ccccc1. The van der Waals surface area contributed by atoms with Gasteiger partial charge in [-0.2, -0.15) is 0 Å². The number of carbonyl (C=O) groups excluding carboxylic acids is 3. The van der Waals surface area contributed by atoms with E-state index in [0.29, 0.717) is 17.7 Å². The molecule has 1 atom stereocenters. The maximum Gasteiger partial charge on any atom is 0.407 e. The molecule has 140 valence electrons. The van der Waals surface area contributed by atoms with Crippen molar-refractivity contribution in [2.75, 3.05) is 13.2 Å². The number of nitrogens with zero attached hydrogens (tertiary/aromatic N) is 1. The van der Waals surface area contributed by atoms with Crippen LogP contribution in [0.3, 0.4) is 0 Å². The van der Waals surface area contributed by atoms with Crippen molar-refractivity contribution >= 4 is 17.9 Å². The largest absolute Gasteiger partial charge is 0.450 e. The smallest absolute Gasteiger partial charge is 0.407 e. The van der Waals surface area contributed by atoms with E-state index in [0.717, 1.165) is 18.4 Å². The first-order valence-corrected chi connectivity index (χ1v) is 9.05. The van der Waals surface area contributed by atoms with Crippen LogP contribution in [0, 0.1) is 0 Å². The van der Waals surface area contributed by atoms with Gasteiger partial charge in [0, 0.05) is 0 Å². The average molecular weight is 366 g/mol. The van der Waals surface area contributed by atoms with Crippen LogP contribution in [0.2, 0.25) is 0 Å². The minimum Gasteiger partial charge on any atom is -0.450 e. The van der Waals surface area contributed by atoms with Gasteiger partial charge in [0.25, 0.3) is 11.8 Å². The molecule has 1 heterocycles. The van der Waals surface area contributed by atoms with Crippen molar-refractivity contribution in [1.82, 2.24) is 10.2 Å². The van der Waals surface area contributed by atoms with Crippen LogP contribution in [0.15, 0.2) is 54.6 Å². The van der Waals surface area contributed by atoms with Crippen LogP contribution in [0.25, 0.3) is 0 Å². The zero-order valence-corrected chi connectivity index (χ0v) is 15.2. The second-order valence-electron chi connectivity index (χ2n) is 6.36. The molecular formula is C21H22N2O4. The van der Waals surface area contributed by atoms with Crippen LogP contribution in [0.5, 0.6) is 0 Å². The number of imide groups is 1. The van der Waals surface area contributed by atoms with E-state index in [9.17, 15) is 14.4 Å². The molecule has 2 aromatic carbocycles. The molecular weight excluding hydrogens is 344 g/mol. The van der Waals surface area contributed by atoms with E-state index in [2.05, 4.69) is 5.32 Å². The molecule has 1 aliphatic rings. The number of nitrogens with one attached hydrogen (secondary N) is 1. The Bertz CT molecular complexity index is 800. The van der Waals surface area contributed by atoms with Gasteiger partial charge in [-0.05, 0) is 24.1 Å². The lowest BCUT2D eigenvalue weighted by atomic mass is 10.1. The van der Waals surface area contributed by atoms with Crippen molar-refractivity contribution in [2.24, 2.45) is 0 Å². The van der Waals surface area contributed by atoms with E-state index in [1.54, 1.807) is 24.3 Å². The van der Waals surface area contributed by atoms with Gasteiger partial charge in [0.1, 0.15) is 0 Å². The number of rotatable bonds is 7. The lowest BCUT2D eigenvalue weighted by molar-refractivity contribution is 0.0632. The first-order chi connectivity index (χ1) is 13.1. The van der Waals surface area contributed by atoms with Crippen molar-refractivity contribution in [2.45, 2.75) is 25.8 Å². The van der Waals surface area contributed by atoms with Crippen LogP contribution in [-0.4, -0.2) is 36.0 Å². The molecule has 3 rings (SSSR count). The van der Waals surface area contributed by atoms with Crippen molar-refractivity contribution in [3.05, 3.63) is 71.3 Å². The van der Waals surface area contributed by atoms with Crippen LogP contribution in [0.4, 0.5) is 4.79 Å². The molecule has 1 N–H and O–H groups in total. The summed E-state index contributed by atoms with van der Waals surface area (Å²) in [6.07, 6.45) is 1.14. The first-order valence-electron chi connectivity index (χ1n) is 9.05. The Morgan fingerprint density at radius 3 is 2.19 bits per heavy atom. The third kappa shape index (κ3) is 4.16. The zero-order chi connectivity index (χ0) is 19.2. The van der Waals surface area contributed by atoms with Crippen LogP contribution < -0.4 is 5.32 Å². The molecule has 6 nitrogen and oxygen atoms in total. The van der Waals surface area contributed by atoms with Gasteiger partial charge in [-0.3, -0.25) is 14.5 Å². The topological polar surface area (TPSA) is 75.7 Å². The highest BCUT2D eigenvalue weighted by molar-refractivity contribution is 6.21. The molecule has 0 saturated carbocycles. The number of hydrogen-bond acceptors (Lipinski definition) is 4. The normalized spacial score (nSPS) is 14.0. The number of alkyl carbamates (subject to hydrolysis) is 1. The van der Waals surface area contributed by atoms with E-state index in [1.807, 2.05) is 37.3 Å². The van der Waals surface area contributed by atoms with E-state index in [1.165, 1.54) is 4.90 Å². The lowest BCUT2D eigenvalue weighted by Gasteiger charge is -2.24. The summed E-state index contributed by atoms with van der Waals surface area (Å²) in [6.45, 7) is 2.38. The van der Waals surface area contributed by atoms with Gasteiger partial charge < -0.3 is 10.1 Å². The molecule has 1 aliphatic heterocycles. The van der Waals surface area contributed by atoms with Gasteiger partial charge in [0.2, 0.25) is 0 Å². The quantitative estimate of drug-likeness (QED) is 0.601. The molecule has 0 aromatic heterocycles. The van der Waals surface area contributed by atoms with Crippen molar-refractivity contribution in [3.63, 3.8) is 0 Å². The number of amides is 3. The highest BCUT2D eigenvalue weighted by Gasteiger charge is 2.37. The van der Waals surface area contributed by atoms with Gasteiger partial charge in [-0.15, -0.1) is 0 Å². The van der Waals surface area contributed by atoms with Crippen molar-refractivity contribution < 1.29 is 19.1 Å². The Kier molecular flexibility index (Phi) is 5.86. The van der Waals surface area contributed by atoms with Gasteiger partial charge in [0.15, 0.2) is 0 Å². The van der Waals surface area contributed by atoms with Gasteiger partial charge >= 0.3 is 6.09 Å². The second-order valence-corrected chi connectivity index (χ2v) is 6.36. The predicted octanol–water partition coefficient (Wildman–Crippen LogP) is 3.55. The van der Waals surface area contributed by atoms with Crippen LogP contribution >= 0.6 is 0 Å². The third-order valence-electron chi connectivity index (χ3n) is 4.47. The summed E-state index contributed by atoms with van der Waals surface area (Å²) in [5, 5.41) is 2.78. The Hall–Kier alpha value is -3.15. The van der Waals surface area contributed by atoms with E-state index in [-0.39, 0.29) is 18.4 Å². The maximum absolute atomic E-state index is 12.6. The predicted molar refractivity (Wildman–Crippen MR) is 100 cm³/mol. The fourth-order valence-electron chi connectivity index (χ4n) is 3.00. The number of fused-ring (bicyclic) bond motifs is 1. The molecule has 0 radical (unpaired) electrons. The zero-order valence-electron chi connectivity index (χ0n) is 15.2. The summed E-state index contributed by atoms with van der Waals surface area (Å²) in [4.78, 5) is 38.6. The fourth-order valence-corrected chi connectivity index (χ4v) is 3.00. The maximum atomic E-state index is 12.6. The summed E-state index contributed by atoms with van der Waals surface area (Å²) in [7, 11) is 0. The number of unbranched alkanes of at least 4 members (excludes halogenated alkanes) is 1. The molecule has 2 aromatic rings. The fraction of sp³-hybridized carbons (Fsp3) is 0.286. The second kappa shape index (κ2) is 8.49. The Morgan fingerprint density at radius 1 is 1.00 bits per heavy atom. The molecule has 0 bridgehead atoms. The molecule has 6 heteroatoms. The first kappa shape index (κ1) is 18.6. The minimum atomic E-state index is -0.561. The van der Waals surface area contributed by atoms with Crippen LogP contribution in [-0.2, 0) is 4.74 Å². The summed E-state index contributed by atoms with van der Waals surface area (Å²) in [5.74, 6) is -0.699. The lowest BCUT2D eigenvalue weighted by Crippen LogP contribution is -2.41. The highest BCUT2D eigenvalue weighted by atomic mass is 16.5. The molecule has 0 spiro atoms. The Labute approximate surface area is 158 Å². The van der Waals surface area contributed by atoms with Gasteiger partial charge in [0.05, 0.1) is 30.3 Å². The van der Waals surface area contributed by atoms with E-state index in [4.69, 9.17) is 4.74 Å². The number of hydrogen-bond donors (Lipinski definition) is 1. The molecule has 0 saturated heterocycles. The Morgan fingerprint density at radius 2 is 1.59 bits per heavy atom. The molecule has 3 amide bonds. The minimum absolute atomic E-state index is 0.0409. The standard InChI is InChI=1S/C21H22N2O4/c1-2-3-13-27-21(26)22-18(15-9-5-4-6-10-15)14-23-19(24)16-11-7-8-12-17(16)20(23)25/h4-12,18H,2-3,13-14H2,1H3,(H,22,26). The molecule has 0 fully saturated rings. The Balaban J connectivity index is 1.77. The van der Waals surface area contributed by atoms with Crippen molar-refractivity contribution in [3.8, 4) is 0 Å². The summed E-state index contributed by atoms with van der Waals surface area (Å²) in [6, 6.07) is 15.4. The third-order valence-corrected chi connectivity index (χ3v) is 4.47. The summed E-state index contributed by atoms with van der Waals surface area (Å²) < 4.78 is 5.18. The molecule has 1 unspecified atom stereocenters. The van der Waals surface area contributed by atoms with E-state index >= 15 is 0 Å². The number of carbonyl (C=O) groups is 3. The number of ether oxygens (including phenoxy) is 1. The van der Waals surface area contributed by atoms with Gasteiger partial charge in [-0.1, -0.05) is 55.8 Å². The summed E-state index contributed by atoms with van der Waals surface area (Å²) >= 11 is 0. The van der Waals surface area contributed by atoms with E-state index < -0.39 is 12.1 Å². The number of benzene rings is 2. The van der Waals surface area contributed by atoms with Crippen LogP contribution in [0.1, 0.15) is 52.1 Å². The average Bonchev–Trinajstić information content (AvgIpc) is 2.93. The molecule has 0 aliphatic carbocycles. The van der Waals surface area contributed by atoms with Crippen molar-refractivity contribution in [1.29, 1.82) is 0 Å².